The van der Waals surface area contributed by atoms with Crippen molar-refractivity contribution in [1.82, 2.24) is 0 Å². The molecule has 0 aliphatic rings. The molecule has 4 heteroatoms. The summed E-state index contributed by atoms with van der Waals surface area (Å²) in [6, 6.07) is 1.08. The molecule has 0 aliphatic heterocycles. The highest BCUT2D eigenvalue weighted by molar-refractivity contribution is 6.76. The third kappa shape index (κ3) is 8.68. The minimum atomic E-state index is -1.07. The monoisotopic (exact) mass is 244 g/mol. The van der Waals surface area contributed by atoms with Crippen LogP contribution in [0, 0.1) is 5.92 Å². The number of carboxylic acid groups (broad SMARTS) is 1. The van der Waals surface area contributed by atoms with Gasteiger partial charge in [-0.3, -0.25) is 4.79 Å². The lowest BCUT2D eigenvalue weighted by molar-refractivity contribution is -0.144. The van der Waals surface area contributed by atoms with Gasteiger partial charge >= 0.3 is 5.97 Å². The van der Waals surface area contributed by atoms with Crippen LogP contribution >= 0.6 is 0 Å². The summed E-state index contributed by atoms with van der Waals surface area (Å²) in [6.45, 7) is 11.4. The molecule has 0 saturated heterocycles. The van der Waals surface area contributed by atoms with E-state index in [0.29, 0.717) is 19.6 Å². The van der Waals surface area contributed by atoms with E-state index in [9.17, 15) is 4.79 Å². The van der Waals surface area contributed by atoms with E-state index in [-0.39, 0.29) is 5.92 Å². The van der Waals surface area contributed by atoms with Crippen LogP contribution in [0.1, 0.15) is 12.8 Å². The van der Waals surface area contributed by atoms with E-state index in [1.54, 1.807) is 6.08 Å². The van der Waals surface area contributed by atoms with Gasteiger partial charge in [-0.1, -0.05) is 25.7 Å². The van der Waals surface area contributed by atoms with Gasteiger partial charge in [-0.25, -0.2) is 0 Å². The second-order valence-corrected chi connectivity index (χ2v) is 10.9. The van der Waals surface area contributed by atoms with Crippen molar-refractivity contribution in [2.75, 3.05) is 13.2 Å². The van der Waals surface area contributed by atoms with Crippen molar-refractivity contribution < 1.29 is 14.6 Å². The molecule has 0 saturated carbocycles. The van der Waals surface area contributed by atoms with Gasteiger partial charge < -0.3 is 9.84 Å². The molecular formula is C12H24O3Si. The number of ether oxygens (including phenoxy) is 1. The molecule has 0 aliphatic carbocycles. The Morgan fingerprint density at radius 2 is 2.12 bits per heavy atom. The molecule has 0 amide bonds. The minimum Gasteiger partial charge on any atom is -0.481 e. The molecule has 0 spiro atoms. The van der Waals surface area contributed by atoms with Crippen molar-refractivity contribution >= 4 is 14.0 Å². The van der Waals surface area contributed by atoms with Crippen LogP contribution < -0.4 is 0 Å². The summed E-state index contributed by atoms with van der Waals surface area (Å²) in [5.74, 6) is -1.16. The van der Waals surface area contributed by atoms with Gasteiger partial charge in [-0.15, -0.1) is 6.58 Å². The maximum absolute atomic E-state index is 10.9. The van der Waals surface area contributed by atoms with Gasteiger partial charge in [0.15, 0.2) is 0 Å². The van der Waals surface area contributed by atoms with Gasteiger partial charge in [0.1, 0.15) is 0 Å². The van der Waals surface area contributed by atoms with E-state index in [1.807, 2.05) is 0 Å². The average molecular weight is 244 g/mol. The molecular weight excluding hydrogens is 220 g/mol. The first kappa shape index (κ1) is 15.4. The molecule has 0 aromatic carbocycles. The van der Waals surface area contributed by atoms with Crippen LogP contribution in [0.25, 0.3) is 0 Å². The second-order valence-electron chi connectivity index (χ2n) is 5.29. The molecule has 1 N–H and O–H groups in total. The maximum atomic E-state index is 10.9. The van der Waals surface area contributed by atoms with Crippen molar-refractivity contribution in [3.05, 3.63) is 12.7 Å². The predicted molar refractivity (Wildman–Crippen MR) is 69.5 cm³/mol. The zero-order valence-corrected chi connectivity index (χ0v) is 11.7. The van der Waals surface area contributed by atoms with Crippen LogP contribution in [0.5, 0.6) is 0 Å². The molecule has 16 heavy (non-hydrogen) atoms. The topological polar surface area (TPSA) is 46.5 Å². The van der Waals surface area contributed by atoms with Gasteiger partial charge in [-0.05, 0) is 18.9 Å². The summed E-state index contributed by atoms with van der Waals surface area (Å²) in [5.41, 5.74) is 0. The van der Waals surface area contributed by atoms with E-state index in [1.165, 1.54) is 0 Å². The summed E-state index contributed by atoms with van der Waals surface area (Å²) >= 11 is 0. The Hall–Kier alpha value is -0.613. The Bertz CT molecular complexity index is 221. The Balaban J connectivity index is 3.76. The summed E-state index contributed by atoms with van der Waals surface area (Å²) in [5, 5.41) is 8.95. The van der Waals surface area contributed by atoms with E-state index < -0.39 is 14.0 Å². The van der Waals surface area contributed by atoms with Gasteiger partial charge in [0.25, 0.3) is 0 Å². The first-order valence-corrected chi connectivity index (χ1v) is 9.49. The van der Waals surface area contributed by atoms with Crippen LogP contribution in [0.3, 0.4) is 0 Å². The molecule has 3 nitrogen and oxygen atoms in total. The lowest BCUT2D eigenvalue weighted by Gasteiger charge is -2.17. The summed E-state index contributed by atoms with van der Waals surface area (Å²) < 4.78 is 5.45. The first-order chi connectivity index (χ1) is 7.37. The lowest BCUT2D eigenvalue weighted by atomic mass is 10.1. The van der Waals surface area contributed by atoms with Gasteiger partial charge in [0, 0.05) is 14.7 Å². The Labute approximate surface area is 99.5 Å². The smallest absolute Gasteiger partial charge is 0.308 e. The van der Waals surface area contributed by atoms with Gasteiger partial charge in [-0.2, -0.15) is 0 Å². The lowest BCUT2D eigenvalue weighted by Crippen LogP contribution is -2.24. The van der Waals surface area contributed by atoms with Gasteiger partial charge in [0.2, 0.25) is 0 Å². The number of aliphatic carboxylic acids is 1. The zero-order valence-electron chi connectivity index (χ0n) is 10.7. The fraction of sp³-hybridized carbons (Fsp3) is 0.750. The second kappa shape index (κ2) is 7.63. The fourth-order valence-electron chi connectivity index (χ4n) is 1.20. The number of hydrogen-bond donors (Lipinski definition) is 1. The first-order valence-electron chi connectivity index (χ1n) is 5.78. The molecule has 0 heterocycles. The van der Waals surface area contributed by atoms with E-state index >= 15 is 0 Å². The SMILES string of the molecule is C=CCCC(COCC[Si](C)(C)C)C(=O)O. The van der Waals surface area contributed by atoms with Crippen LogP contribution in [0.4, 0.5) is 0 Å². The van der Waals surface area contributed by atoms with Crippen LogP contribution in [0.2, 0.25) is 25.7 Å². The normalized spacial score (nSPS) is 13.4. The molecule has 0 aromatic rings. The molecule has 0 rings (SSSR count). The largest absolute Gasteiger partial charge is 0.481 e. The Morgan fingerprint density at radius 3 is 2.56 bits per heavy atom. The maximum Gasteiger partial charge on any atom is 0.308 e. The van der Waals surface area contributed by atoms with Crippen molar-refractivity contribution in [2.45, 2.75) is 38.5 Å². The minimum absolute atomic E-state index is 0.327. The third-order valence-corrected chi connectivity index (χ3v) is 4.09. The van der Waals surface area contributed by atoms with Crippen LogP contribution in [0.15, 0.2) is 12.7 Å². The highest BCUT2D eigenvalue weighted by atomic mass is 28.3. The molecule has 0 radical (unpaired) electrons. The van der Waals surface area contributed by atoms with Crippen LogP contribution in [-0.2, 0) is 9.53 Å². The molecule has 1 unspecified atom stereocenters. The van der Waals surface area contributed by atoms with Crippen molar-refractivity contribution in [3.63, 3.8) is 0 Å². The predicted octanol–water partition coefficient (Wildman–Crippen LogP) is 3.01. The van der Waals surface area contributed by atoms with E-state index in [2.05, 4.69) is 26.2 Å². The van der Waals surface area contributed by atoms with Crippen molar-refractivity contribution in [1.29, 1.82) is 0 Å². The summed E-state index contributed by atoms with van der Waals surface area (Å²) in [6.07, 6.45) is 3.10. The zero-order chi connectivity index (χ0) is 12.6. The molecule has 1 atom stereocenters. The number of rotatable bonds is 9. The highest BCUT2D eigenvalue weighted by Crippen LogP contribution is 2.11. The van der Waals surface area contributed by atoms with Crippen LogP contribution in [-0.4, -0.2) is 32.4 Å². The Morgan fingerprint density at radius 1 is 1.50 bits per heavy atom. The summed E-state index contributed by atoms with van der Waals surface area (Å²) in [4.78, 5) is 10.9. The molecule has 94 valence electrons. The van der Waals surface area contributed by atoms with Crippen molar-refractivity contribution in [2.24, 2.45) is 5.92 Å². The molecule has 0 aromatic heterocycles. The van der Waals surface area contributed by atoms with Crippen molar-refractivity contribution in [3.8, 4) is 0 Å². The fourth-order valence-corrected chi connectivity index (χ4v) is 1.96. The summed E-state index contributed by atoms with van der Waals surface area (Å²) in [7, 11) is -1.07. The standard InChI is InChI=1S/C12H24O3Si/c1-5-6-7-11(12(13)14)10-15-8-9-16(2,3)4/h5,11H,1,6-10H2,2-4H3,(H,13,14). The molecule has 0 fully saturated rings. The van der Waals surface area contributed by atoms with E-state index in [0.717, 1.165) is 12.5 Å². The number of carbonyl (C=O) groups is 1. The van der Waals surface area contributed by atoms with E-state index in [4.69, 9.17) is 9.84 Å². The third-order valence-electron chi connectivity index (χ3n) is 2.38. The molecule has 0 bridgehead atoms. The number of hydrogen-bond acceptors (Lipinski definition) is 2. The quantitative estimate of drug-likeness (QED) is 0.385. The number of allylic oxidation sites excluding steroid dienone is 1. The van der Waals surface area contributed by atoms with Gasteiger partial charge in [0.05, 0.1) is 12.5 Å². The highest BCUT2D eigenvalue weighted by Gasteiger charge is 2.17. The average Bonchev–Trinajstić information content (AvgIpc) is 2.14. The Kier molecular flexibility index (Phi) is 7.33. The number of carboxylic acids is 1.